The Morgan fingerprint density at radius 3 is 2.78 bits per heavy atom. The lowest BCUT2D eigenvalue weighted by Gasteiger charge is -2.02. The summed E-state index contributed by atoms with van der Waals surface area (Å²) < 4.78 is 1.75. The van der Waals surface area contributed by atoms with E-state index in [1.165, 1.54) is 11.3 Å². The molecule has 0 aliphatic rings. The van der Waals surface area contributed by atoms with Gasteiger partial charge in [0.25, 0.3) is 0 Å². The third-order valence-electron chi connectivity index (χ3n) is 2.45. The predicted octanol–water partition coefficient (Wildman–Crippen LogP) is 2.15. The van der Waals surface area contributed by atoms with E-state index < -0.39 is 0 Å². The van der Waals surface area contributed by atoms with Crippen LogP contribution in [0, 0.1) is 6.92 Å². The molecule has 0 aliphatic carbocycles. The maximum Gasteiger partial charge on any atom is 0.207 e. The smallest absolute Gasteiger partial charge is 0.207 e. The summed E-state index contributed by atoms with van der Waals surface area (Å²) >= 11 is 1.54. The van der Waals surface area contributed by atoms with E-state index in [4.69, 9.17) is 0 Å². The first-order valence-electron chi connectivity index (χ1n) is 5.69. The van der Waals surface area contributed by atoms with Crippen molar-refractivity contribution in [3.05, 3.63) is 39.6 Å². The molecular weight excluding hydrogens is 246 g/mol. The number of nitrogens with zero attached hydrogens (tertiary/aromatic N) is 3. The second-order valence-corrected chi connectivity index (χ2v) is 5.31. The number of hydrogen-bond donors (Lipinski definition) is 0. The number of carbonyl (C=O) groups excluding carboxylic acids is 1. The van der Waals surface area contributed by atoms with Crippen LogP contribution in [0.25, 0.3) is 0 Å². The van der Waals surface area contributed by atoms with E-state index in [-0.39, 0.29) is 5.78 Å². The number of rotatable bonds is 3. The van der Waals surface area contributed by atoms with Crippen LogP contribution in [-0.4, -0.2) is 15.6 Å². The Morgan fingerprint density at radius 1 is 1.44 bits per heavy atom. The normalized spacial score (nSPS) is 11.8. The second-order valence-electron chi connectivity index (χ2n) is 4.15. The van der Waals surface area contributed by atoms with Crippen LogP contribution in [-0.2, 0) is 18.3 Å². The van der Waals surface area contributed by atoms with Crippen molar-refractivity contribution in [2.24, 2.45) is 12.0 Å². The summed E-state index contributed by atoms with van der Waals surface area (Å²) in [6.45, 7) is 3.54. The van der Waals surface area contributed by atoms with Gasteiger partial charge in [-0.15, -0.1) is 0 Å². The maximum atomic E-state index is 11.2. The molecule has 0 aliphatic heterocycles. The first kappa shape index (κ1) is 12.7. The summed E-state index contributed by atoms with van der Waals surface area (Å²) in [5.41, 5.74) is 1.79. The predicted molar refractivity (Wildman–Crippen MR) is 71.9 cm³/mol. The Hall–Kier alpha value is -1.75. The zero-order valence-corrected chi connectivity index (χ0v) is 11.5. The lowest BCUT2D eigenvalue weighted by atomic mass is 10.1. The molecule has 0 N–H and O–H groups in total. The van der Waals surface area contributed by atoms with Gasteiger partial charge in [-0.1, -0.05) is 29.5 Å². The van der Waals surface area contributed by atoms with Gasteiger partial charge in [0, 0.05) is 13.5 Å². The standard InChI is InChI=1S/C13H15N3OS/c1-9(17)8-11-6-4-5-7-12(11)14-13-16(3)15-10(2)18-13/h4-7H,8H2,1-3H3. The van der Waals surface area contributed by atoms with Gasteiger partial charge in [-0.3, -0.25) is 4.79 Å². The first-order valence-corrected chi connectivity index (χ1v) is 6.50. The third kappa shape index (κ3) is 2.92. The van der Waals surface area contributed by atoms with E-state index in [1.54, 1.807) is 11.6 Å². The van der Waals surface area contributed by atoms with Crippen LogP contribution in [0.15, 0.2) is 29.3 Å². The highest BCUT2D eigenvalue weighted by Gasteiger charge is 2.04. The summed E-state index contributed by atoms with van der Waals surface area (Å²) in [5, 5.41) is 5.24. The number of hydrogen-bond acceptors (Lipinski definition) is 4. The highest BCUT2D eigenvalue weighted by molar-refractivity contribution is 7.08. The number of para-hydroxylation sites is 1. The summed E-state index contributed by atoms with van der Waals surface area (Å²) in [7, 11) is 1.87. The number of aromatic nitrogens is 2. The van der Waals surface area contributed by atoms with Crippen molar-refractivity contribution in [1.82, 2.24) is 9.78 Å². The summed E-state index contributed by atoms with van der Waals surface area (Å²) in [6, 6.07) is 7.72. The molecule has 18 heavy (non-hydrogen) atoms. The van der Waals surface area contributed by atoms with Crippen molar-refractivity contribution < 1.29 is 4.79 Å². The molecule has 0 unspecified atom stereocenters. The Bertz CT molecular complexity index is 640. The number of aryl methyl sites for hydroxylation is 2. The fourth-order valence-electron chi connectivity index (χ4n) is 1.71. The van der Waals surface area contributed by atoms with Gasteiger partial charge >= 0.3 is 0 Å². The van der Waals surface area contributed by atoms with E-state index in [2.05, 4.69) is 10.1 Å². The van der Waals surface area contributed by atoms with Crippen LogP contribution < -0.4 is 4.80 Å². The van der Waals surface area contributed by atoms with Crippen LogP contribution in [0.1, 0.15) is 17.5 Å². The zero-order valence-electron chi connectivity index (χ0n) is 10.7. The van der Waals surface area contributed by atoms with Gasteiger partial charge in [0.2, 0.25) is 4.80 Å². The maximum absolute atomic E-state index is 11.2. The fourth-order valence-corrected chi connectivity index (χ4v) is 2.45. The highest BCUT2D eigenvalue weighted by Crippen LogP contribution is 2.18. The molecule has 1 heterocycles. The molecule has 0 saturated carbocycles. The van der Waals surface area contributed by atoms with Crippen molar-refractivity contribution in [2.75, 3.05) is 0 Å². The Labute approximate surface area is 110 Å². The molecule has 1 aromatic carbocycles. The van der Waals surface area contributed by atoms with E-state index in [9.17, 15) is 4.79 Å². The Kier molecular flexibility index (Phi) is 3.72. The van der Waals surface area contributed by atoms with Crippen molar-refractivity contribution in [3.8, 4) is 0 Å². The molecule has 1 aromatic heterocycles. The van der Waals surface area contributed by atoms with E-state index >= 15 is 0 Å². The topological polar surface area (TPSA) is 47.2 Å². The van der Waals surface area contributed by atoms with Crippen LogP contribution in [0.2, 0.25) is 0 Å². The van der Waals surface area contributed by atoms with Crippen molar-refractivity contribution in [1.29, 1.82) is 0 Å². The zero-order chi connectivity index (χ0) is 13.1. The third-order valence-corrected chi connectivity index (χ3v) is 3.37. The van der Waals surface area contributed by atoms with Crippen molar-refractivity contribution in [2.45, 2.75) is 20.3 Å². The minimum absolute atomic E-state index is 0.141. The summed E-state index contributed by atoms with van der Waals surface area (Å²) in [5.74, 6) is 0.141. The minimum atomic E-state index is 0.141. The highest BCUT2D eigenvalue weighted by atomic mass is 32.1. The molecule has 0 amide bonds. The quantitative estimate of drug-likeness (QED) is 0.850. The van der Waals surface area contributed by atoms with Gasteiger partial charge in [-0.2, -0.15) is 5.10 Å². The van der Waals surface area contributed by atoms with Crippen molar-refractivity contribution >= 4 is 22.8 Å². The monoisotopic (exact) mass is 261 g/mol. The Balaban J connectivity index is 2.49. The lowest BCUT2D eigenvalue weighted by molar-refractivity contribution is -0.116. The largest absolute Gasteiger partial charge is 0.300 e. The van der Waals surface area contributed by atoms with Gasteiger partial charge in [0.1, 0.15) is 10.8 Å². The number of carbonyl (C=O) groups is 1. The second kappa shape index (κ2) is 5.27. The molecule has 0 saturated heterocycles. The molecule has 0 spiro atoms. The number of ketones is 1. The van der Waals surface area contributed by atoms with Gasteiger partial charge in [0.15, 0.2) is 0 Å². The fraction of sp³-hybridized carbons (Fsp3) is 0.308. The van der Waals surface area contributed by atoms with Gasteiger partial charge < -0.3 is 0 Å². The van der Waals surface area contributed by atoms with Crippen LogP contribution in [0.4, 0.5) is 5.69 Å². The number of benzene rings is 1. The summed E-state index contributed by atoms with van der Waals surface area (Å²) in [6.07, 6.45) is 0.418. The lowest BCUT2D eigenvalue weighted by Crippen LogP contribution is -2.11. The molecule has 5 heteroatoms. The minimum Gasteiger partial charge on any atom is -0.300 e. The molecule has 0 atom stereocenters. The van der Waals surface area contributed by atoms with Gasteiger partial charge in [-0.25, -0.2) is 9.67 Å². The van der Waals surface area contributed by atoms with Crippen LogP contribution >= 0.6 is 11.3 Å². The van der Waals surface area contributed by atoms with Crippen molar-refractivity contribution in [3.63, 3.8) is 0 Å². The molecule has 2 aromatic rings. The molecule has 2 rings (SSSR count). The molecule has 4 nitrogen and oxygen atoms in total. The average molecular weight is 261 g/mol. The summed E-state index contributed by atoms with van der Waals surface area (Å²) in [4.78, 5) is 16.7. The average Bonchev–Trinajstić information content (AvgIpc) is 2.59. The molecule has 94 valence electrons. The molecular formula is C13H15N3OS. The molecule has 0 radical (unpaired) electrons. The van der Waals surface area contributed by atoms with E-state index in [0.29, 0.717) is 6.42 Å². The van der Waals surface area contributed by atoms with Crippen LogP contribution in [0.3, 0.4) is 0 Å². The Morgan fingerprint density at radius 2 is 2.17 bits per heavy atom. The SMILES string of the molecule is CC(=O)Cc1ccccc1N=c1sc(C)nn1C. The molecule has 0 bridgehead atoms. The van der Waals surface area contributed by atoms with Gasteiger partial charge in [0.05, 0.1) is 5.69 Å². The first-order chi connectivity index (χ1) is 8.56. The van der Waals surface area contributed by atoms with E-state index in [0.717, 1.165) is 21.1 Å². The van der Waals surface area contributed by atoms with E-state index in [1.807, 2.05) is 38.2 Å². The number of Topliss-reactive ketones (excluding diaryl/α,β-unsaturated/α-hetero) is 1. The molecule has 0 fully saturated rings. The van der Waals surface area contributed by atoms with Gasteiger partial charge in [-0.05, 0) is 25.5 Å². The van der Waals surface area contributed by atoms with Crippen LogP contribution in [0.5, 0.6) is 0 Å².